The van der Waals surface area contributed by atoms with Crippen LogP contribution in [0.4, 0.5) is 0 Å². The zero-order valence-electron chi connectivity index (χ0n) is 8.98. The number of primary sulfonamides is 1. The van der Waals surface area contributed by atoms with Crippen LogP contribution in [0.25, 0.3) is 0 Å². The third kappa shape index (κ3) is 3.04. The number of rotatable bonds is 4. The number of thiophene rings is 1. The molecule has 0 aromatic carbocycles. The molecule has 1 aromatic rings. The Hall–Kier alpha value is -0.430. The fraction of sp³-hybridized carbons (Fsp3) is 0.600. The van der Waals surface area contributed by atoms with Gasteiger partial charge in [-0.25, -0.2) is 13.6 Å². The molecule has 1 heterocycles. The molecule has 3 N–H and O–H groups in total. The molecule has 0 saturated carbocycles. The monoisotopic (exact) mass is 260 g/mol. The standard InChI is InChI=1S/C10H16N2O2S2/c11-16(13,14)7-5-12-9-2-1-3-10-8(9)4-6-15-10/h4,6,9,12H,1-3,5,7H2,(H2,11,13,14). The zero-order chi connectivity index (χ0) is 11.6. The molecule has 90 valence electrons. The normalized spacial score (nSPS) is 20.7. The second kappa shape index (κ2) is 4.83. The highest BCUT2D eigenvalue weighted by atomic mass is 32.2. The molecule has 16 heavy (non-hydrogen) atoms. The maximum absolute atomic E-state index is 10.8. The van der Waals surface area contributed by atoms with Gasteiger partial charge in [-0.15, -0.1) is 11.3 Å². The van der Waals surface area contributed by atoms with Crippen LogP contribution in [0.1, 0.15) is 29.3 Å². The first-order chi connectivity index (χ1) is 7.56. The minimum atomic E-state index is -3.35. The summed E-state index contributed by atoms with van der Waals surface area (Å²) >= 11 is 1.79. The third-order valence-electron chi connectivity index (χ3n) is 2.83. The highest BCUT2D eigenvalue weighted by Crippen LogP contribution is 2.32. The minimum absolute atomic E-state index is 0.00295. The lowest BCUT2D eigenvalue weighted by Gasteiger charge is -2.23. The van der Waals surface area contributed by atoms with Gasteiger partial charge in [0.25, 0.3) is 0 Å². The van der Waals surface area contributed by atoms with E-state index in [-0.39, 0.29) is 5.75 Å². The minimum Gasteiger partial charge on any atom is -0.309 e. The van der Waals surface area contributed by atoms with Crippen LogP contribution in [0.3, 0.4) is 0 Å². The number of sulfonamides is 1. The smallest absolute Gasteiger partial charge is 0.210 e. The Morgan fingerprint density at radius 1 is 1.56 bits per heavy atom. The summed E-state index contributed by atoms with van der Waals surface area (Å²) < 4.78 is 21.6. The second-order valence-electron chi connectivity index (χ2n) is 4.07. The van der Waals surface area contributed by atoms with E-state index < -0.39 is 10.0 Å². The number of hydrogen-bond donors (Lipinski definition) is 2. The number of aryl methyl sites for hydroxylation is 1. The van der Waals surface area contributed by atoms with Crippen LogP contribution in [0.15, 0.2) is 11.4 Å². The third-order valence-corrected chi connectivity index (χ3v) is 4.60. The van der Waals surface area contributed by atoms with Crippen LogP contribution in [0.5, 0.6) is 0 Å². The van der Waals surface area contributed by atoms with Gasteiger partial charge in [0, 0.05) is 17.5 Å². The molecule has 1 aromatic heterocycles. The summed E-state index contributed by atoms with van der Waals surface area (Å²) in [5.74, 6) is 0.00295. The van der Waals surface area contributed by atoms with Gasteiger partial charge in [-0.3, -0.25) is 0 Å². The van der Waals surface area contributed by atoms with Crippen molar-refractivity contribution in [3.63, 3.8) is 0 Å². The average molecular weight is 260 g/mol. The van der Waals surface area contributed by atoms with Crippen molar-refractivity contribution in [2.75, 3.05) is 12.3 Å². The number of fused-ring (bicyclic) bond motifs is 1. The molecule has 0 spiro atoms. The van der Waals surface area contributed by atoms with Crippen molar-refractivity contribution in [2.24, 2.45) is 5.14 Å². The lowest BCUT2D eigenvalue weighted by atomic mass is 9.94. The molecule has 1 aliphatic rings. The molecular formula is C10H16N2O2S2. The van der Waals surface area contributed by atoms with Crippen molar-refractivity contribution in [3.05, 3.63) is 21.9 Å². The van der Waals surface area contributed by atoms with Gasteiger partial charge in [-0.2, -0.15) is 0 Å². The molecular weight excluding hydrogens is 244 g/mol. The zero-order valence-corrected chi connectivity index (χ0v) is 10.6. The van der Waals surface area contributed by atoms with E-state index in [0.29, 0.717) is 12.6 Å². The Kier molecular flexibility index (Phi) is 3.63. The predicted molar refractivity (Wildman–Crippen MR) is 66.0 cm³/mol. The topological polar surface area (TPSA) is 72.2 Å². The van der Waals surface area contributed by atoms with Crippen LogP contribution in [0, 0.1) is 0 Å². The van der Waals surface area contributed by atoms with E-state index in [0.717, 1.165) is 12.8 Å². The molecule has 1 unspecified atom stereocenters. The second-order valence-corrected chi connectivity index (χ2v) is 6.80. The first-order valence-corrected chi connectivity index (χ1v) is 7.96. The quantitative estimate of drug-likeness (QED) is 0.848. The molecule has 4 nitrogen and oxygen atoms in total. The van der Waals surface area contributed by atoms with Crippen LogP contribution in [0.2, 0.25) is 0 Å². The van der Waals surface area contributed by atoms with Gasteiger partial charge >= 0.3 is 0 Å². The van der Waals surface area contributed by atoms with E-state index in [1.807, 2.05) is 0 Å². The van der Waals surface area contributed by atoms with Gasteiger partial charge in [0.2, 0.25) is 10.0 Å². The fourth-order valence-electron chi connectivity index (χ4n) is 2.07. The maximum Gasteiger partial charge on any atom is 0.210 e. The molecule has 0 amide bonds. The van der Waals surface area contributed by atoms with Gasteiger partial charge in [-0.05, 0) is 36.3 Å². The van der Waals surface area contributed by atoms with Gasteiger partial charge in [0.15, 0.2) is 0 Å². The van der Waals surface area contributed by atoms with E-state index in [4.69, 9.17) is 5.14 Å². The molecule has 0 bridgehead atoms. The highest BCUT2D eigenvalue weighted by Gasteiger charge is 2.20. The summed E-state index contributed by atoms with van der Waals surface area (Å²) in [6, 6.07) is 2.44. The Labute approximate surface area is 99.9 Å². The van der Waals surface area contributed by atoms with Crippen LogP contribution >= 0.6 is 11.3 Å². The molecule has 0 radical (unpaired) electrons. The van der Waals surface area contributed by atoms with Crippen molar-refractivity contribution >= 4 is 21.4 Å². The summed E-state index contributed by atoms with van der Waals surface area (Å²) in [4.78, 5) is 1.43. The number of nitrogens with one attached hydrogen (secondary N) is 1. The summed E-state index contributed by atoms with van der Waals surface area (Å²) in [5, 5.41) is 10.3. The number of nitrogens with two attached hydrogens (primary N) is 1. The molecule has 2 rings (SSSR count). The first-order valence-electron chi connectivity index (χ1n) is 5.36. The molecule has 1 atom stereocenters. The van der Waals surface area contributed by atoms with Crippen molar-refractivity contribution < 1.29 is 8.42 Å². The molecule has 6 heteroatoms. The van der Waals surface area contributed by atoms with Gasteiger partial charge in [-0.1, -0.05) is 0 Å². The lowest BCUT2D eigenvalue weighted by molar-refractivity contribution is 0.475. The van der Waals surface area contributed by atoms with Crippen LogP contribution < -0.4 is 10.5 Å². The Morgan fingerprint density at radius 3 is 3.12 bits per heavy atom. The predicted octanol–water partition coefficient (Wildman–Crippen LogP) is 1.00. The maximum atomic E-state index is 10.8. The van der Waals surface area contributed by atoms with E-state index in [2.05, 4.69) is 16.8 Å². The first kappa shape index (κ1) is 12.0. The van der Waals surface area contributed by atoms with Gasteiger partial charge in [0.05, 0.1) is 5.75 Å². The van der Waals surface area contributed by atoms with Gasteiger partial charge in [0.1, 0.15) is 0 Å². The number of hydrogen-bond acceptors (Lipinski definition) is 4. The Balaban J connectivity index is 1.93. The van der Waals surface area contributed by atoms with Crippen molar-refractivity contribution in [2.45, 2.75) is 25.3 Å². The summed E-state index contributed by atoms with van der Waals surface area (Å²) in [6.45, 7) is 0.429. The lowest BCUT2D eigenvalue weighted by Crippen LogP contribution is -2.31. The van der Waals surface area contributed by atoms with E-state index in [9.17, 15) is 8.42 Å². The Morgan fingerprint density at radius 2 is 2.38 bits per heavy atom. The van der Waals surface area contributed by atoms with Crippen molar-refractivity contribution in [3.8, 4) is 0 Å². The van der Waals surface area contributed by atoms with E-state index in [1.54, 1.807) is 11.3 Å². The van der Waals surface area contributed by atoms with E-state index >= 15 is 0 Å². The SMILES string of the molecule is NS(=O)(=O)CCNC1CCCc2sccc21. The molecule has 0 fully saturated rings. The van der Waals surface area contributed by atoms with Crippen molar-refractivity contribution in [1.29, 1.82) is 0 Å². The van der Waals surface area contributed by atoms with Crippen LogP contribution in [-0.4, -0.2) is 20.7 Å². The fourth-order valence-corrected chi connectivity index (χ4v) is 3.46. The Bertz CT molecular complexity index is 453. The van der Waals surface area contributed by atoms with E-state index in [1.165, 1.54) is 16.9 Å². The summed E-state index contributed by atoms with van der Waals surface area (Å²) in [7, 11) is -3.35. The molecule has 0 saturated heterocycles. The van der Waals surface area contributed by atoms with Crippen molar-refractivity contribution in [1.82, 2.24) is 5.32 Å². The molecule has 0 aliphatic heterocycles. The summed E-state index contributed by atoms with van der Waals surface area (Å²) in [5.41, 5.74) is 1.34. The van der Waals surface area contributed by atoms with Crippen LogP contribution in [-0.2, 0) is 16.4 Å². The largest absolute Gasteiger partial charge is 0.309 e. The van der Waals surface area contributed by atoms with Gasteiger partial charge < -0.3 is 5.32 Å². The highest BCUT2D eigenvalue weighted by molar-refractivity contribution is 7.89. The summed E-state index contributed by atoms with van der Waals surface area (Å²) in [6.07, 6.45) is 3.40. The molecule has 1 aliphatic carbocycles. The average Bonchev–Trinajstić information content (AvgIpc) is 2.64.